The van der Waals surface area contributed by atoms with Crippen LogP contribution < -0.4 is 10.6 Å². The Kier molecular flexibility index (Phi) is 11.3. The molecule has 123 valence electrons. The van der Waals surface area contributed by atoms with E-state index in [-0.39, 0.29) is 16.8 Å². The van der Waals surface area contributed by atoms with Crippen LogP contribution >= 0.6 is 8.58 Å². The van der Waals surface area contributed by atoms with E-state index in [1.54, 1.807) is 0 Å². The third kappa shape index (κ3) is 9.27. The number of rotatable bonds is 2. The zero-order chi connectivity index (χ0) is 16.0. The van der Waals surface area contributed by atoms with Gasteiger partial charge >= 0.3 is 16.8 Å². The first-order valence-electron chi connectivity index (χ1n) is 7.65. The van der Waals surface area contributed by atoms with Crippen molar-refractivity contribution in [3.8, 4) is 0 Å². The normalized spacial score (nSPS) is 8.67. The van der Waals surface area contributed by atoms with Crippen LogP contribution in [0.25, 0.3) is 0 Å². The van der Waals surface area contributed by atoms with Gasteiger partial charge in [0, 0.05) is 0 Å². The maximum absolute atomic E-state index is 2.17. The van der Waals surface area contributed by atoms with Crippen LogP contribution in [0.1, 0.15) is 0 Å². The van der Waals surface area contributed by atoms with Gasteiger partial charge in [-0.25, -0.2) is 24.3 Å². The summed E-state index contributed by atoms with van der Waals surface area (Å²) in [6.45, 7) is 0. The van der Waals surface area contributed by atoms with Gasteiger partial charge in [-0.3, -0.25) is 0 Å². The molecule has 0 amide bonds. The van der Waals surface area contributed by atoms with E-state index in [9.17, 15) is 0 Å². The van der Waals surface area contributed by atoms with E-state index in [0.717, 1.165) is 8.58 Å². The Morgan fingerprint density at radius 3 is 1.04 bits per heavy atom. The van der Waals surface area contributed by atoms with Crippen molar-refractivity contribution in [2.24, 2.45) is 0 Å². The summed E-state index contributed by atoms with van der Waals surface area (Å²) in [5, 5.41) is 2.79. The minimum Gasteiger partial charge on any atom is -0.214 e. The zero-order valence-electron chi connectivity index (χ0n) is 13.4. The van der Waals surface area contributed by atoms with Crippen molar-refractivity contribution in [3.05, 3.63) is 121 Å². The maximum atomic E-state index is 2.17. The van der Waals surface area contributed by atoms with Gasteiger partial charge in [-0.15, -0.1) is 0 Å². The second kappa shape index (κ2) is 13.5. The predicted molar refractivity (Wildman–Crippen MR) is 105 cm³/mol. The van der Waals surface area contributed by atoms with Gasteiger partial charge in [0.05, 0.1) is 0 Å². The van der Waals surface area contributed by atoms with Gasteiger partial charge in [-0.05, 0) is 10.6 Å². The topological polar surface area (TPSA) is 0 Å². The smallest absolute Gasteiger partial charge is 0.214 e. The molecule has 4 rings (SSSR count). The molecule has 0 nitrogen and oxygen atoms in total. The van der Waals surface area contributed by atoms with Crippen LogP contribution in [0, 0.1) is 0 Å². The van der Waals surface area contributed by atoms with Gasteiger partial charge in [-0.2, -0.15) is 36.4 Å². The average molecular weight is 375 g/mol. The van der Waals surface area contributed by atoms with Crippen LogP contribution in [0.3, 0.4) is 0 Å². The molecular formula is C22H21CoP. The zero-order valence-corrected chi connectivity index (χ0v) is 15.4. The number of hydrogen-bond acceptors (Lipinski definition) is 0. The molecule has 4 aromatic carbocycles. The van der Waals surface area contributed by atoms with Crippen molar-refractivity contribution in [1.29, 1.82) is 0 Å². The van der Waals surface area contributed by atoms with Gasteiger partial charge < -0.3 is 0 Å². The first-order valence-corrected chi connectivity index (χ1v) is 8.65. The van der Waals surface area contributed by atoms with Gasteiger partial charge in [0.2, 0.25) is 0 Å². The van der Waals surface area contributed by atoms with Crippen LogP contribution in [0.15, 0.2) is 121 Å². The van der Waals surface area contributed by atoms with Crippen molar-refractivity contribution in [2.75, 3.05) is 0 Å². The van der Waals surface area contributed by atoms with E-state index in [1.165, 1.54) is 10.6 Å². The Hall–Kier alpha value is -1.92. The fourth-order valence-corrected chi connectivity index (χ4v) is 2.90. The first-order chi connectivity index (χ1) is 11.4. The van der Waals surface area contributed by atoms with E-state index >= 15 is 0 Å². The molecule has 0 fully saturated rings. The first kappa shape index (κ1) is 20.1. The number of benzene rings is 2. The Morgan fingerprint density at radius 1 is 0.458 bits per heavy atom. The summed E-state index contributed by atoms with van der Waals surface area (Å²) in [6.07, 6.45) is 0. The Bertz CT molecular complexity index is 588. The Labute approximate surface area is 157 Å². The molecule has 0 atom stereocenters. The van der Waals surface area contributed by atoms with Crippen LogP contribution in [-0.2, 0) is 16.8 Å². The quantitative estimate of drug-likeness (QED) is 0.337. The minimum atomic E-state index is 0. The summed E-state index contributed by atoms with van der Waals surface area (Å²) in [5.41, 5.74) is 0. The molecular weight excluding hydrogens is 354 g/mol. The summed E-state index contributed by atoms with van der Waals surface area (Å²) >= 11 is 0. The second-order valence-corrected chi connectivity index (χ2v) is 6.19. The van der Waals surface area contributed by atoms with Crippen LogP contribution in [-0.4, -0.2) is 0 Å². The summed E-state index contributed by atoms with van der Waals surface area (Å²) in [5.74, 6) is 0. The molecule has 0 N–H and O–H groups in total. The molecule has 0 unspecified atom stereocenters. The molecule has 4 aromatic rings. The third-order valence-electron chi connectivity index (χ3n) is 2.95. The SMILES string of the molecule is [Co+2].c1cc[cH-]c1.c1cc[cH-]c1.c1ccc(Pc2ccccc2)cc1. The fourth-order valence-electron chi connectivity index (χ4n) is 1.85. The van der Waals surface area contributed by atoms with Gasteiger partial charge in [0.1, 0.15) is 0 Å². The van der Waals surface area contributed by atoms with Crippen molar-refractivity contribution in [2.45, 2.75) is 0 Å². The Balaban J connectivity index is 0.000000216. The largest absolute Gasteiger partial charge is 2.00 e. The fraction of sp³-hybridized carbons (Fsp3) is 0. The molecule has 0 aliphatic carbocycles. The summed E-state index contributed by atoms with van der Waals surface area (Å²) in [6, 6.07) is 41.2. The van der Waals surface area contributed by atoms with Gasteiger partial charge in [0.15, 0.2) is 0 Å². The average Bonchev–Trinajstić information content (AvgIpc) is 3.35. The molecule has 0 bridgehead atoms. The summed E-state index contributed by atoms with van der Waals surface area (Å²) in [7, 11) is 0.777. The minimum absolute atomic E-state index is 0. The molecule has 0 aliphatic heterocycles. The summed E-state index contributed by atoms with van der Waals surface area (Å²) in [4.78, 5) is 0. The van der Waals surface area contributed by atoms with Crippen molar-refractivity contribution in [3.63, 3.8) is 0 Å². The maximum Gasteiger partial charge on any atom is 2.00 e. The number of hydrogen-bond donors (Lipinski definition) is 0. The van der Waals surface area contributed by atoms with Gasteiger partial charge in [0.25, 0.3) is 0 Å². The van der Waals surface area contributed by atoms with Crippen molar-refractivity contribution in [1.82, 2.24) is 0 Å². The molecule has 0 aliphatic rings. The standard InChI is InChI=1S/C12H11P.2C5H5.Co/c1-3-7-11(8-4-1)13-12-9-5-2-6-10-12;2*1-2-4-5-3-1;/h1-10,13H;2*1-5H;/q;2*-1;+2. The van der Waals surface area contributed by atoms with E-state index in [1.807, 2.05) is 60.7 Å². The molecule has 0 saturated heterocycles. The molecule has 24 heavy (non-hydrogen) atoms. The van der Waals surface area contributed by atoms with Crippen molar-refractivity contribution < 1.29 is 16.8 Å². The van der Waals surface area contributed by atoms with Crippen LogP contribution in [0.2, 0.25) is 0 Å². The predicted octanol–water partition coefficient (Wildman–Crippen LogP) is 5.12. The third-order valence-corrected chi connectivity index (χ3v) is 4.19. The van der Waals surface area contributed by atoms with Gasteiger partial charge in [-0.1, -0.05) is 69.2 Å². The molecule has 2 heteroatoms. The monoisotopic (exact) mass is 375 g/mol. The molecule has 0 saturated carbocycles. The van der Waals surface area contributed by atoms with E-state index < -0.39 is 0 Å². The molecule has 1 radical (unpaired) electrons. The van der Waals surface area contributed by atoms with E-state index in [2.05, 4.69) is 60.7 Å². The summed E-state index contributed by atoms with van der Waals surface area (Å²) < 4.78 is 0. The molecule has 0 heterocycles. The molecule has 0 spiro atoms. The van der Waals surface area contributed by atoms with Crippen LogP contribution in [0.4, 0.5) is 0 Å². The second-order valence-electron chi connectivity index (χ2n) is 4.78. The van der Waals surface area contributed by atoms with Crippen molar-refractivity contribution >= 4 is 19.2 Å². The molecule has 0 aromatic heterocycles. The Morgan fingerprint density at radius 2 is 0.792 bits per heavy atom. The van der Waals surface area contributed by atoms with Crippen LogP contribution in [0.5, 0.6) is 0 Å². The van der Waals surface area contributed by atoms with E-state index in [0.29, 0.717) is 0 Å². The van der Waals surface area contributed by atoms with E-state index in [4.69, 9.17) is 0 Å².